The smallest absolute Gasteiger partial charge is 0.132 e. The highest BCUT2D eigenvalue weighted by Gasteiger charge is 2.11. The molecule has 1 aromatic rings. The molecule has 0 amide bonds. The minimum absolute atomic E-state index is 0.00449. The minimum Gasteiger partial charge on any atom is -0.490 e. The lowest BCUT2D eigenvalue weighted by Crippen LogP contribution is -2.17. The molecule has 0 saturated heterocycles. The number of rotatable bonds is 8. The molecule has 0 aliphatic carbocycles. The van der Waals surface area contributed by atoms with Gasteiger partial charge in [-0.1, -0.05) is 37.8 Å². The number of nitrogens with one attached hydrogen (secondary N) is 1. The Labute approximate surface area is 120 Å². The average molecular weight is 283 g/mol. The number of hydrogen-bond donors (Lipinski definition) is 2. The summed E-state index contributed by atoms with van der Waals surface area (Å²) in [5.74, 6) is 0.604. The van der Waals surface area contributed by atoms with Crippen LogP contribution >= 0.6 is 11.6 Å². The summed E-state index contributed by atoms with van der Waals surface area (Å²) in [4.78, 5) is 0. The van der Waals surface area contributed by atoms with Crippen LogP contribution in [0.2, 0.25) is 5.02 Å². The van der Waals surface area contributed by atoms with Crippen LogP contribution in [-0.4, -0.2) is 11.9 Å². The third kappa shape index (κ3) is 5.52. The molecule has 0 radical (unpaired) electrons. The topological polar surface area (TPSA) is 59.1 Å². The number of hydrogen-bond acceptors (Lipinski definition) is 2. The van der Waals surface area contributed by atoms with Crippen molar-refractivity contribution in [2.24, 2.45) is 5.73 Å². The van der Waals surface area contributed by atoms with Crippen LogP contribution in [0.25, 0.3) is 0 Å². The van der Waals surface area contributed by atoms with Crippen molar-refractivity contribution in [1.29, 1.82) is 5.41 Å². The fourth-order valence-electron chi connectivity index (χ4n) is 1.95. The van der Waals surface area contributed by atoms with Crippen LogP contribution in [-0.2, 0) is 0 Å². The van der Waals surface area contributed by atoms with Gasteiger partial charge in [-0.15, -0.1) is 0 Å². The van der Waals surface area contributed by atoms with E-state index in [4.69, 9.17) is 27.5 Å². The second-order valence-corrected chi connectivity index (χ2v) is 5.27. The molecule has 0 aliphatic heterocycles. The molecule has 106 valence electrons. The Hall–Kier alpha value is -1.22. The number of benzene rings is 1. The molecule has 0 heterocycles. The molecule has 3 nitrogen and oxygen atoms in total. The van der Waals surface area contributed by atoms with Crippen molar-refractivity contribution in [3.05, 3.63) is 28.8 Å². The number of halogens is 1. The van der Waals surface area contributed by atoms with Crippen LogP contribution in [0.3, 0.4) is 0 Å². The second kappa shape index (κ2) is 8.05. The minimum atomic E-state index is 0.00449. The quantitative estimate of drug-likeness (QED) is 0.423. The zero-order chi connectivity index (χ0) is 14.3. The fraction of sp³-hybridized carbons (Fsp3) is 0.533. The van der Waals surface area contributed by atoms with Gasteiger partial charge < -0.3 is 10.5 Å². The number of unbranched alkanes of at least 4 members (excludes halogenated alkanes) is 3. The molecule has 1 unspecified atom stereocenters. The lowest BCUT2D eigenvalue weighted by atomic mass is 10.1. The molecule has 0 spiro atoms. The molecule has 0 aliphatic rings. The monoisotopic (exact) mass is 282 g/mol. The summed E-state index contributed by atoms with van der Waals surface area (Å²) in [5, 5.41) is 8.13. The van der Waals surface area contributed by atoms with E-state index in [2.05, 4.69) is 6.92 Å². The molecule has 4 heteroatoms. The maximum atomic E-state index is 7.54. The third-order valence-electron chi connectivity index (χ3n) is 3.03. The van der Waals surface area contributed by atoms with Crippen LogP contribution < -0.4 is 10.5 Å². The van der Waals surface area contributed by atoms with E-state index >= 15 is 0 Å². The molecular formula is C15H23ClN2O. The van der Waals surface area contributed by atoms with Crippen molar-refractivity contribution in [3.8, 4) is 5.75 Å². The molecule has 0 saturated carbocycles. The zero-order valence-corrected chi connectivity index (χ0v) is 12.5. The van der Waals surface area contributed by atoms with Crippen LogP contribution in [0.5, 0.6) is 5.75 Å². The summed E-state index contributed by atoms with van der Waals surface area (Å²) in [6.07, 6.45) is 6.00. The summed E-state index contributed by atoms with van der Waals surface area (Å²) in [7, 11) is 0. The van der Waals surface area contributed by atoms with E-state index < -0.39 is 0 Å². The predicted molar refractivity (Wildman–Crippen MR) is 81.3 cm³/mol. The average Bonchev–Trinajstić information content (AvgIpc) is 2.34. The predicted octanol–water partition coefficient (Wildman–Crippen LogP) is 4.36. The molecular weight excluding hydrogens is 260 g/mol. The molecule has 0 bridgehead atoms. The van der Waals surface area contributed by atoms with Gasteiger partial charge in [0.1, 0.15) is 11.6 Å². The molecule has 19 heavy (non-hydrogen) atoms. The number of amidine groups is 1. The summed E-state index contributed by atoms with van der Waals surface area (Å²) in [6.45, 7) is 4.24. The van der Waals surface area contributed by atoms with Gasteiger partial charge in [-0.05, 0) is 38.0 Å². The number of nitrogens with two attached hydrogens (primary N) is 1. The maximum Gasteiger partial charge on any atom is 0.132 e. The summed E-state index contributed by atoms with van der Waals surface area (Å²) in [5.41, 5.74) is 6.14. The van der Waals surface area contributed by atoms with Crippen LogP contribution in [0.1, 0.15) is 51.5 Å². The lowest BCUT2D eigenvalue weighted by molar-refractivity contribution is 0.206. The number of ether oxygens (including phenoxy) is 1. The highest BCUT2D eigenvalue weighted by Crippen LogP contribution is 2.25. The van der Waals surface area contributed by atoms with E-state index in [-0.39, 0.29) is 11.9 Å². The molecule has 0 fully saturated rings. The van der Waals surface area contributed by atoms with Crippen LogP contribution in [0.4, 0.5) is 0 Å². The summed E-state index contributed by atoms with van der Waals surface area (Å²) < 4.78 is 5.86. The van der Waals surface area contributed by atoms with E-state index in [1.807, 2.05) is 6.92 Å². The SMILES string of the molecule is CCCCCCC(C)Oc1cc(Cl)ccc1C(=N)N. The number of nitrogen functional groups attached to an aromatic ring is 1. The standard InChI is InChI=1S/C15H23ClN2O/c1-3-4-5-6-7-11(2)19-14-10-12(16)8-9-13(14)15(17)18/h8-11H,3-7H2,1-2H3,(H3,17,18). The van der Waals surface area contributed by atoms with E-state index in [9.17, 15) is 0 Å². The van der Waals surface area contributed by atoms with Gasteiger partial charge in [0, 0.05) is 5.02 Å². The molecule has 0 aromatic heterocycles. The van der Waals surface area contributed by atoms with Crippen LogP contribution in [0.15, 0.2) is 18.2 Å². The first kappa shape index (κ1) is 15.8. The molecule has 1 rings (SSSR count). The summed E-state index contributed by atoms with van der Waals surface area (Å²) in [6, 6.07) is 5.17. The largest absolute Gasteiger partial charge is 0.490 e. The molecule has 3 N–H and O–H groups in total. The van der Waals surface area contributed by atoms with Gasteiger partial charge in [-0.3, -0.25) is 5.41 Å². The van der Waals surface area contributed by atoms with Crippen LogP contribution in [0, 0.1) is 5.41 Å². The fourth-order valence-corrected chi connectivity index (χ4v) is 2.11. The first-order valence-corrected chi connectivity index (χ1v) is 7.23. The van der Waals surface area contributed by atoms with Gasteiger partial charge in [-0.25, -0.2) is 0 Å². The van der Waals surface area contributed by atoms with Crippen molar-refractivity contribution in [2.45, 2.75) is 52.1 Å². The Kier molecular flexibility index (Phi) is 6.71. The summed E-state index contributed by atoms with van der Waals surface area (Å²) >= 11 is 5.96. The highest BCUT2D eigenvalue weighted by atomic mass is 35.5. The van der Waals surface area contributed by atoms with Gasteiger partial charge in [0.15, 0.2) is 0 Å². The van der Waals surface area contributed by atoms with Gasteiger partial charge in [-0.2, -0.15) is 0 Å². The van der Waals surface area contributed by atoms with E-state index in [0.717, 1.165) is 12.8 Å². The zero-order valence-electron chi connectivity index (χ0n) is 11.7. The van der Waals surface area contributed by atoms with Crippen molar-refractivity contribution in [3.63, 3.8) is 0 Å². The third-order valence-corrected chi connectivity index (χ3v) is 3.26. The Morgan fingerprint density at radius 2 is 2.11 bits per heavy atom. The maximum absolute atomic E-state index is 7.54. The van der Waals surface area contributed by atoms with Gasteiger partial charge in [0.2, 0.25) is 0 Å². The molecule has 1 atom stereocenters. The van der Waals surface area contributed by atoms with Crippen molar-refractivity contribution >= 4 is 17.4 Å². The van der Waals surface area contributed by atoms with E-state index in [1.54, 1.807) is 18.2 Å². The van der Waals surface area contributed by atoms with Gasteiger partial charge >= 0.3 is 0 Å². The Bertz CT molecular complexity index is 421. The first-order valence-electron chi connectivity index (χ1n) is 6.85. The lowest BCUT2D eigenvalue weighted by Gasteiger charge is -2.17. The highest BCUT2D eigenvalue weighted by molar-refractivity contribution is 6.30. The first-order chi connectivity index (χ1) is 9.04. The van der Waals surface area contributed by atoms with Gasteiger partial charge in [0.05, 0.1) is 11.7 Å². The van der Waals surface area contributed by atoms with Crippen molar-refractivity contribution < 1.29 is 4.74 Å². The second-order valence-electron chi connectivity index (χ2n) is 4.83. The molecule has 1 aromatic carbocycles. The van der Waals surface area contributed by atoms with E-state index in [1.165, 1.54) is 19.3 Å². The Balaban J connectivity index is 2.60. The van der Waals surface area contributed by atoms with Crippen molar-refractivity contribution in [2.75, 3.05) is 0 Å². The van der Waals surface area contributed by atoms with Gasteiger partial charge in [0.25, 0.3) is 0 Å². The Morgan fingerprint density at radius 3 is 2.74 bits per heavy atom. The van der Waals surface area contributed by atoms with Crippen molar-refractivity contribution in [1.82, 2.24) is 0 Å². The Morgan fingerprint density at radius 1 is 1.37 bits per heavy atom. The normalized spacial score (nSPS) is 12.2. The van der Waals surface area contributed by atoms with E-state index in [0.29, 0.717) is 16.3 Å².